The molecule has 0 atom stereocenters. The van der Waals surface area contributed by atoms with Gasteiger partial charge in [0.15, 0.2) is 0 Å². The van der Waals surface area contributed by atoms with Crippen molar-refractivity contribution in [3.8, 4) is 0 Å². The van der Waals surface area contributed by atoms with E-state index in [1.54, 1.807) is 0 Å². The molecule has 0 spiro atoms. The van der Waals surface area contributed by atoms with Gasteiger partial charge in [0, 0.05) is 12.8 Å². The van der Waals surface area contributed by atoms with Crippen molar-refractivity contribution in [1.82, 2.24) is 5.32 Å². The van der Waals surface area contributed by atoms with Crippen LogP contribution >= 0.6 is 0 Å². The zero-order valence-electron chi connectivity index (χ0n) is 10.9. The monoisotopic (exact) mass is 225 g/mol. The second kappa shape index (κ2) is 7.83. The molecule has 1 aliphatic heterocycles. The second-order valence-electron chi connectivity index (χ2n) is 5.16. The van der Waals surface area contributed by atoms with Crippen LogP contribution in [-0.4, -0.2) is 18.9 Å². The topological polar surface area (TPSA) is 29.1 Å². The largest absolute Gasteiger partial charge is 0.317 e. The molecule has 0 unspecified atom stereocenters. The minimum absolute atomic E-state index is 0.493. The molecule has 16 heavy (non-hydrogen) atoms. The third-order valence-electron chi connectivity index (χ3n) is 3.96. The maximum atomic E-state index is 11.8. The molecule has 0 radical (unpaired) electrons. The molecule has 2 heteroatoms. The van der Waals surface area contributed by atoms with Gasteiger partial charge < -0.3 is 5.32 Å². The van der Waals surface area contributed by atoms with Crippen LogP contribution in [0.5, 0.6) is 0 Å². The van der Waals surface area contributed by atoms with Crippen LogP contribution in [0.1, 0.15) is 58.8 Å². The van der Waals surface area contributed by atoms with Gasteiger partial charge >= 0.3 is 0 Å². The predicted octanol–water partition coefficient (Wildman–Crippen LogP) is 3.16. The average Bonchev–Trinajstić information content (AvgIpc) is 2.34. The zero-order chi connectivity index (χ0) is 11.8. The van der Waals surface area contributed by atoms with E-state index in [9.17, 15) is 4.79 Å². The van der Waals surface area contributed by atoms with Gasteiger partial charge in [-0.25, -0.2) is 0 Å². The van der Waals surface area contributed by atoms with Crippen LogP contribution < -0.4 is 5.32 Å². The summed E-state index contributed by atoms with van der Waals surface area (Å²) in [5, 5.41) is 3.37. The van der Waals surface area contributed by atoms with Crippen LogP contribution in [0, 0.1) is 11.8 Å². The van der Waals surface area contributed by atoms with E-state index in [1.165, 1.54) is 12.8 Å². The SMILES string of the molecule is CCC(CC)CC(=O)CCC1CCNCC1. The fourth-order valence-corrected chi connectivity index (χ4v) is 2.54. The summed E-state index contributed by atoms with van der Waals surface area (Å²) in [7, 11) is 0. The van der Waals surface area contributed by atoms with E-state index in [-0.39, 0.29) is 0 Å². The molecule has 1 rings (SSSR count). The third-order valence-corrected chi connectivity index (χ3v) is 3.96. The summed E-state index contributed by atoms with van der Waals surface area (Å²) in [5.41, 5.74) is 0. The Balaban J connectivity index is 2.13. The summed E-state index contributed by atoms with van der Waals surface area (Å²) >= 11 is 0. The van der Waals surface area contributed by atoms with Gasteiger partial charge in [-0.1, -0.05) is 26.7 Å². The number of Topliss-reactive ketones (excluding diaryl/α,β-unsaturated/α-hetero) is 1. The Kier molecular flexibility index (Phi) is 6.70. The predicted molar refractivity (Wildman–Crippen MR) is 68.5 cm³/mol. The van der Waals surface area contributed by atoms with E-state index in [0.717, 1.165) is 51.1 Å². The minimum Gasteiger partial charge on any atom is -0.317 e. The molecule has 2 nitrogen and oxygen atoms in total. The van der Waals surface area contributed by atoms with Gasteiger partial charge in [-0.2, -0.15) is 0 Å². The quantitative estimate of drug-likeness (QED) is 0.721. The maximum absolute atomic E-state index is 11.8. The second-order valence-corrected chi connectivity index (χ2v) is 5.16. The van der Waals surface area contributed by atoms with E-state index in [4.69, 9.17) is 0 Å². The molecule has 1 saturated heterocycles. The molecule has 0 amide bonds. The van der Waals surface area contributed by atoms with E-state index >= 15 is 0 Å². The first-order chi connectivity index (χ1) is 7.76. The first kappa shape index (κ1) is 13.7. The van der Waals surface area contributed by atoms with Crippen LogP contribution in [0.4, 0.5) is 0 Å². The number of carbonyl (C=O) groups excluding carboxylic acids is 1. The Morgan fingerprint density at radius 1 is 1.25 bits per heavy atom. The highest BCUT2D eigenvalue weighted by Gasteiger charge is 2.15. The summed E-state index contributed by atoms with van der Waals surface area (Å²) in [6.07, 6.45) is 7.58. The van der Waals surface area contributed by atoms with Gasteiger partial charge in [-0.3, -0.25) is 4.79 Å². The lowest BCUT2D eigenvalue weighted by Gasteiger charge is -2.22. The normalized spacial score (nSPS) is 17.9. The van der Waals surface area contributed by atoms with Crippen molar-refractivity contribution < 1.29 is 4.79 Å². The molecular formula is C14H27NO. The van der Waals surface area contributed by atoms with E-state index < -0.39 is 0 Å². The first-order valence-electron chi connectivity index (χ1n) is 6.98. The van der Waals surface area contributed by atoms with Crippen LogP contribution in [-0.2, 0) is 4.79 Å². The molecular weight excluding hydrogens is 198 g/mol. The standard InChI is InChI=1S/C14H27NO/c1-3-12(4-2)11-14(16)6-5-13-7-9-15-10-8-13/h12-13,15H,3-11H2,1-2H3. The van der Waals surface area contributed by atoms with Gasteiger partial charge in [-0.15, -0.1) is 0 Å². The van der Waals surface area contributed by atoms with E-state index in [0.29, 0.717) is 11.7 Å². The fourth-order valence-electron chi connectivity index (χ4n) is 2.54. The van der Waals surface area contributed by atoms with Crippen molar-refractivity contribution >= 4 is 5.78 Å². The summed E-state index contributed by atoms with van der Waals surface area (Å²) in [5.74, 6) is 1.92. The lowest BCUT2D eigenvalue weighted by molar-refractivity contribution is -0.120. The van der Waals surface area contributed by atoms with Gasteiger partial charge in [0.25, 0.3) is 0 Å². The lowest BCUT2D eigenvalue weighted by atomic mass is 9.89. The molecule has 0 aromatic carbocycles. The zero-order valence-corrected chi connectivity index (χ0v) is 10.9. The van der Waals surface area contributed by atoms with Gasteiger partial charge in [-0.05, 0) is 44.2 Å². The number of ketones is 1. The van der Waals surface area contributed by atoms with Crippen LogP contribution in [0.25, 0.3) is 0 Å². The van der Waals surface area contributed by atoms with E-state index in [2.05, 4.69) is 19.2 Å². The summed E-state index contributed by atoms with van der Waals surface area (Å²) in [6, 6.07) is 0. The lowest BCUT2D eigenvalue weighted by Crippen LogP contribution is -2.28. The van der Waals surface area contributed by atoms with Crippen LogP contribution in [0.15, 0.2) is 0 Å². The van der Waals surface area contributed by atoms with Crippen molar-refractivity contribution in [2.24, 2.45) is 11.8 Å². The molecule has 0 saturated carbocycles. The summed E-state index contributed by atoms with van der Waals surface area (Å²) < 4.78 is 0. The molecule has 0 aromatic heterocycles. The smallest absolute Gasteiger partial charge is 0.133 e. The molecule has 94 valence electrons. The van der Waals surface area contributed by atoms with Crippen molar-refractivity contribution in [2.75, 3.05) is 13.1 Å². The Morgan fingerprint density at radius 2 is 1.88 bits per heavy atom. The van der Waals surface area contributed by atoms with Crippen molar-refractivity contribution in [3.63, 3.8) is 0 Å². The number of carbonyl (C=O) groups is 1. The summed E-state index contributed by atoms with van der Waals surface area (Å²) in [6.45, 7) is 6.67. The number of hydrogen-bond acceptors (Lipinski definition) is 2. The van der Waals surface area contributed by atoms with Crippen molar-refractivity contribution in [1.29, 1.82) is 0 Å². The number of nitrogens with one attached hydrogen (secondary N) is 1. The number of rotatable bonds is 7. The molecule has 1 N–H and O–H groups in total. The van der Waals surface area contributed by atoms with Crippen LogP contribution in [0.3, 0.4) is 0 Å². The molecule has 0 bridgehead atoms. The van der Waals surface area contributed by atoms with Crippen molar-refractivity contribution in [2.45, 2.75) is 58.8 Å². The Labute approximate surface area is 100 Å². The highest BCUT2D eigenvalue weighted by Crippen LogP contribution is 2.20. The molecule has 0 aromatic rings. The highest BCUT2D eigenvalue weighted by atomic mass is 16.1. The molecule has 0 aliphatic carbocycles. The highest BCUT2D eigenvalue weighted by molar-refractivity contribution is 5.78. The van der Waals surface area contributed by atoms with Crippen molar-refractivity contribution in [3.05, 3.63) is 0 Å². The minimum atomic E-state index is 0.493. The van der Waals surface area contributed by atoms with E-state index in [1.807, 2.05) is 0 Å². The average molecular weight is 225 g/mol. The van der Waals surface area contributed by atoms with Gasteiger partial charge in [0.2, 0.25) is 0 Å². The fraction of sp³-hybridized carbons (Fsp3) is 0.929. The Morgan fingerprint density at radius 3 is 2.44 bits per heavy atom. The van der Waals surface area contributed by atoms with Gasteiger partial charge in [0.05, 0.1) is 0 Å². The molecule has 1 heterocycles. The first-order valence-corrected chi connectivity index (χ1v) is 6.98. The Bertz CT molecular complexity index is 193. The number of hydrogen-bond donors (Lipinski definition) is 1. The summed E-state index contributed by atoms with van der Waals surface area (Å²) in [4.78, 5) is 11.8. The maximum Gasteiger partial charge on any atom is 0.133 e. The van der Waals surface area contributed by atoms with Gasteiger partial charge in [0.1, 0.15) is 5.78 Å². The number of piperidine rings is 1. The van der Waals surface area contributed by atoms with Crippen LogP contribution in [0.2, 0.25) is 0 Å². The third kappa shape index (κ3) is 5.11. The Hall–Kier alpha value is -0.370. The molecule has 1 aliphatic rings. The molecule has 1 fully saturated rings.